The second-order valence-electron chi connectivity index (χ2n) is 8.63. The number of fused-ring (bicyclic) bond motifs is 2. The van der Waals surface area contributed by atoms with Crippen LogP contribution in [-0.4, -0.2) is 11.6 Å². The van der Waals surface area contributed by atoms with Crippen molar-refractivity contribution in [3.05, 3.63) is 82.7 Å². The zero-order valence-electron chi connectivity index (χ0n) is 16.8. The maximum absolute atomic E-state index is 13.2. The van der Waals surface area contributed by atoms with Crippen LogP contribution in [0.15, 0.2) is 77.1 Å². The van der Waals surface area contributed by atoms with E-state index >= 15 is 0 Å². The molecular formula is C27H23NO2. The topological polar surface area (TPSA) is 46.2 Å². The Labute approximate surface area is 175 Å². The lowest BCUT2D eigenvalue weighted by molar-refractivity contribution is -0.116. The summed E-state index contributed by atoms with van der Waals surface area (Å²) in [5.74, 6) is 0.110. The highest BCUT2D eigenvalue weighted by atomic mass is 16.1. The van der Waals surface area contributed by atoms with Gasteiger partial charge in [-0.05, 0) is 58.9 Å². The molecule has 3 aliphatic rings. The van der Waals surface area contributed by atoms with Crippen LogP contribution in [0.3, 0.4) is 0 Å². The van der Waals surface area contributed by atoms with Crippen LogP contribution in [0.2, 0.25) is 0 Å². The molecule has 1 N–H and O–H groups in total. The molecule has 6 rings (SSSR count). The molecule has 1 heterocycles. The largest absolute Gasteiger partial charge is 0.362 e. The number of dihydropyridines is 1. The van der Waals surface area contributed by atoms with E-state index in [1.165, 1.54) is 0 Å². The molecule has 3 nitrogen and oxygen atoms in total. The molecule has 0 bridgehead atoms. The highest BCUT2D eigenvalue weighted by Crippen LogP contribution is 2.48. The van der Waals surface area contributed by atoms with E-state index in [-0.39, 0.29) is 17.5 Å². The summed E-state index contributed by atoms with van der Waals surface area (Å²) in [6, 6.07) is 19.0. The van der Waals surface area contributed by atoms with Crippen LogP contribution in [0.25, 0.3) is 21.5 Å². The summed E-state index contributed by atoms with van der Waals surface area (Å²) >= 11 is 0. The highest BCUT2D eigenvalue weighted by molar-refractivity contribution is 6.11. The standard InChI is InChI=1S/C27H23NO2/c29-22-13-5-11-20-25(22)27(26-21(28-20)12-6-14-23(26)30)24-18-9-3-1-7-16(18)15-17-8-2-4-10-19(17)24/h1-4,7-10,15,27-28H,5-6,11-14H2. The Hall–Kier alpha value is -3.20. The number of carbonyl (C=O) groups is 2. The Morgan fingerprint density at radius 2 is 1.17 bits per heavy atom. The quantitative estimate of drug-likeness (QED) is 0.540. The van der Waals surface area contributed by atoms with Crippen molar-refractivity contribution in [1.82, 2.24) is 5.32 Å². The number of Topliss-reactive ketones (excluding diaryl/α,β-unsaturated/α-hetero) is 2. The van der Waals surface area contributed by atoms with Gasteiger partial charge in [0.15, 0.2) is 11.6 Å². The van der Waals surface area contributed by atoms with Gasteiger partial charge < -0.3 is 5.32 Å². The Balaban J connectivity index is 1.75. The molecule has 2 aliphatic carbocycles. The third-order valence-electron chi connectivity index (χ3n) is 6.89. The summed E-state index contributed by atoms with van der Waals surface area (Å²) in [7, 11) is 0. The fourth-order valence-electron chi connectivity index (χ4n) is 5.63. The molecule has 0 fully saturated rings. The normalized spacial score (nSPS) is 19.9. The first-order valence-corrected chi connectivity index (χ1v) is 10.9. The van der Waals surface area contributed by atoms with Crippen LogP contribution >= 0.6 is 0 Å². The molecule has 30 heavy (non-hydrogen) atoms. The molecule has 3 heteroatoms. The second-order valence-corrected chi connectivity index (χ2v) is 8.63. The van der Waals surface area contributed by atoms with Crippen molar-refractivity contribution in [3.63, 3.8) is 0 Å². The first-order chi connectivity index (χ1) is 14.7. The molecular weight excluding hydrogens is 370 g/mol. The van der Waals surface area contributed by atoms with Crippen molar-refractivity contribution >= 4 is 33.1 Å². The third kappa shape index (κ3) is 2.51. The van der Waals surface area contributed by atoms with Crippen molar-refractivity contribution < 1.29 is 9.59 Å². The van der Waals surface area contributed by atoms with E-state index in [2.05, 4.69) is 59.9 Å². The molecule has 0 aromatic heterocycles. The summed E-state index contributed by atoms with van der Waals surface area (Å²) in [6.45, 7) is 0. The lowest BCUT2D eigenvalue weighted by Crippen LogP contribution is -2.36. The van der Waals surface area contributed by atoms with Crippen molar-refractivity contribution in [2.24, 2.45) is 0 Å². The number of benzene rings is 3. The SMILES string of the molecule is O=C1CCCC2=C1C(c1c3ccccc3cc3ccccc13)C1=C(CCCC1=O)N2. The number of hydrogen-bond acceptors (Lipinski definition) is 3. The summed E-state index contributed by atoms with van der Waals surface area (Å²) < 4.78 is 0. The number of allylic oxidation sites excluding steroid dienone is 4. The van der Waals surface area contributed by atoms with E-state index in [4.69, 9.17) is 0 Å². The molecule has 3 aromatic rings. The van der Waals surface area contributed by atoms with Crippen molar-refractivity contribution in [1.29, 1.82) is 0 Å². The van der Waals surface area contributed by atoms with Gasteiger partial charge in [0.1, 0.15) is 0 Å². The Morgan fingerprint density at radius 3 is 1.70 bits per heavy atom. The molecule has 1 aliphatic heterocycles. The number of ketones is 2. The fraction of sp³-hybridized carbons (Fsp3) is 0.259. The van der Waals surface area contributed by atoms with Crippen LogP contribution in [0.5, 0.6) is 0 Å². The molecule has 0 unspecified atom stereocenters. The van der Waals surface area contributed by atoms with E-state index in [0.29, 0.717) is 12.8 Å². The molecule has 0 amide bonds. The predicted octanol–water partition coefficient (Wildman–Crippen LogP) is 5.69. The van der Waals surface area contributed by atoms with E-state index < -0.39 is 0 Å². The van der Waals surface area contributed by atoms with Gasteiger partial charge in [0.05, 0.1) is 0 Å². The number of nitrogens with one attached hydrogen (secondary N) is 1. The van der Waals surface area contributed by atoms with Gasteiger partial charge in [-0.2, -0.15) is 0 Å². The average Bonchev–Trinajstić information content (AvgIpc) is 2.76. The molecule has 0 saturated heterocycles. The lowest BCUT2D eigenvalue weighted by atomic mass is 9.70. The second kappa shape index (κ2) is 6.66. The third-order valence-corrected chi connectivity index (χ3v) is 6.89. The fourth-order valence-corrected chi connectivity index (χ4v) is 5.63. The summed E-state index contributed by atoms with van der Waals surface area (Å²) in [5.41, 5.74) is 4.87. The minimum absolute atomic E-state index is 0.190. The van der Waals surface area contributed by atoms with Crippen LogP contribution in [0.4, 0.5) is 0 Å². The van der Waals surface area contributed by atoms with Crippen molar-refractivity contribution in [2.75, 3.05) is 0 Å². The lowest BCUT2D eigenvalue weighted by Gasteiger charge is -2.38. The minimum atomic E-state index is -0.271. The summed E-state index contributed by atoms with van der Waals surface area (Å²) in [6.07, 6.45) is 4.65. The van der Waals surface area contributed by atoms with E-state index in [9.17, 15) is 9.59 Å². The predicted molar refractivity (Wildman–Crippen MR) is 119 cm³/mol. The number of rotatable bonds is 1. The van der Waals surface area contributed by atoms with Crippen LogP contribution in [-0.2, 0) is 9.59 Å². The van der Waals surface area contributed by atoms with E-state index in [1.54, 1.807) is 0 Å². The van der Waals surface area contributed by atoms with Crippen LogP contribution in [0.1, 0.15) is 50.0 Å². The van der Waals surface area contributed by atoms with E-state index in [1.807, 2.05) is 0 Å². The maximum Gasteiger partial charge on any atom is 0.161 e. The monoisotopic (exact) mass is 393 g/mol. The average molecular weight is 393 g/mol. The van der Waals surface area contributed by atoms with E-state index in [0.717, 1.165) is 75.3 Å². The van der Waals surface area contributed by atoms with Gasteiger partial charge in [0.2, 0.25) is 0 Å². The van der Waals surface area contributed by atoms with Gasteiger partial charge >= 0.3 is 0 Å². The molecule has 0 spiro atoms. The summed E-state index contributed by atoms with van der Waals surface area (Å²) in [4.78, 5) is 26.5. The molecule has 0 atom stereocenters. The highest BCUT2D eigenvalue weighted by Gasteiger charge is 2.41. The van der Waals surface area contributed by atoms with Crippen LogP contribution < -0.4 is 5.32 Å². The molecule has 3 aromatic carbocycles. The van der Waals surface area contributed by atoms with Crippen molar-refractivity contribution in [2.45, 2.75) is 44.4 Å². The number of carbonyl (C=O) groups excluding carboxylic acids is 2. The zero-order chi connectivity index (χ0) is 20.2. The van der Waals surface area contributed by atoms with Gasteiger partial charge in [0, 0.05) is 41.3 Å². The first-order valence-electron chi connectivity index (χ1n) is 10.9. The Bertz CT molecular complexity index is 1210. The van der Waals surface area contributed by atoms with Gasteiger partial charge in [-0.1, -0.05) is 48.5 Å². The zero-order valence-corrected chi connectivity index (χ0v) is 16.8. The first kappa shape index (κ1) is 17.6. The Kier molecular flexibility index (Phi) is 3.92. The minimum Gasteiger partial charge on any atom is -0.362 e. The number of hydrogen-bond donors (Lipinski definition) is 1. The van der Waals surface area contributed by atoms with Gasteiger partial charge in [0.25, 0.3) is 0 Å². The van der Waals surface area contributed by atoms with Gasteiger partial charge in [-0.25, -0.2) is 0 Å². The molecule has 0 radical (unpaired) electrons. The van der Waals surface area contributed by atoms with Gasteiger partial charge in [-0.15, -0.1) is 0 Å². The maximum atomic E-state index is 13.2. The summed E-state index contributed by atoms with van der Waals surface area (Å²) in [5, 5.41) is 8.11. The smallest absolute Gasteiger partial charge is 0.161 e. The molecule has 148 valence electrons. The van der Waals surface area contributed by atoms with Gasteiger partial charge in [-0.3, -0.25) is 9.59 Å². The van der Waals surface area contributed by atoms with Crippen molar-refractivity contribution in [3.8, 4) is 0 Å². The molecule has 0 saturated carbocycles. The Morgan fingerprint density at radius 1 is 0.667 bits per heavy atom. The van der Waals surface area contributed by atoms with Crippen LogP contribution in [0, 0.1) is 0 Å².